The molecule has 0 spiro atoms. The van der Waals surface area contributed by atoms with Gasteiger partial charge in [0.1, 0.15) is 11.3 Å². The van der Waals surface area contributed by atoms with Gasteiger partial charge in [-0.2, -0.15) is 4.99 Å². The number of esters is 1. The van der Waals surface area contributed by atoms with Crippen LogP contribution in [0.3, 0.4) is 0 Å². The molecule has 0 saturated heterocycles. The predicted molar refractivity (Wildman–Crippen MR) is 117 cm³/mol. The number of aromatic nitrogens is 3. The van der Waals surface area contributed by atoms with Crippen LogP contribution in [0.4, 0.5) is 0 Å². The van der Waals surface area contributed by atoms with Crippen LogP contribution in [0.2, 0.25) is 0 Å². The van der Waals surface area contributed by atoms with Crippen LogP contribution in [0, 0.1) is 6.92 Å². The van der Waals surface area contributed by atoms with E-state index in [1.807, 2.05) is 28.8 Å². The standard InChI is InChI=1S/C22H22N4O4S/c1-4-30-21(28)15-8-9-16-17(13-15)31-22(25(16)11-12-29-3)24-20(27)19-14(2)23-18-7-5-6-10-26(18)19/h5-10,13H,4,11-12H2,1-3H3. The summed E-state index contributed by atoms with van der Waals surface area (Å²) in [4.78, 5) is 34.6. The molecule has 1 aromatic carbocycles. The quantitative estimate of drug-likeness (QED) is 0.432. The van der Waals surface area contributed by atoms with Crippen LogP contribution in [-0.4, -0.2) is 46.2 Å². The molecule has 3 aromatic heterocycles. The average molecular weight is 439 g/mol. The van der Waals surface area contributed by atoms with Gasteiger partial charge in [-0.25, -0.2) is 9.78 Å². The second-order valence-corrected chi connectivity index (χ2v) is 7.83. The molecule has 0 atom stereocenters. The van der Waals surface area contributed by atoms with Crippen LogP contribution in [0.5, 0.6) is 0 Å². The molecule has 0 aliphatic carbocycles. The third-order valence-electron chi connectivity index (χ3n) is 4.82. The van der Waals surface area contributed by atoms with Gasteiger partial charge in [-0.1, -0.05) is 17.4 Å². The SMILES string of the molecule is CCOC(=O)c1ccc2c(c1)sc(=NC(=O)c1c(C)nc3ccccn13)n2CCOC. The molecule has 0 aliphatic rings. The second-order valence-electron chi connectivity index (χ2n) is 6.82. The van der Waals surface area contributed by atoms with Gasteiger partial charge in [-0.3, -0.25) is 9.20 Å². The van der Waals surface area contributed by atoms with E-state index in [9.17, 15) is 9.59 Å². The van der Waals surface area contributed by atoms with Crippen LogP contribution in [-0.2, 0) is 16.0 Å². The van der Waals surface area contributed by atoms with E-state index in [1.54, 1.807) is 43.7 Å². The van der Waals surface area contributed by atoms with Gasteiger partial charge < -0.3 is 14.0 Å². The summed E-state index contributed by atoms with van der Waals surface area (Å²) in [6.45, 7) is 4.86. The number of thiazole rings is 1. The Hall–Kier alpha value is -3.30. The molecule has 0 radical (unpaired) electrons. The van der Waals surface area contributed by atoms with Crippen LogP contribution in [0.15, 0.2) is 47.6 Å². The molecular formula is C22H22N4O4S. The lowest BCUT2D eigenvalue weighted by Crippen LogP contribution is -2.20. The third kappa shape index (κ3) is 4.01. The van der Waals surface area contributed by atoms with Gasteiger partial charge in [0.25, 0.3) is 5.91 Å². The first kappa shape index (κ1) is 21.0. The fourth-order valence-electron chi connectivity index (χ4n) is 3.41. The lowest BCUT2D eigenvalue weighted by molar-refractivity contribution is 0.0526. The normalized spacial score (nSPS) is 12.0. The van der Waals surface area contributed by atoms with Crippen molar-refractivity contribution in [1.29, 1.82) is 0 Å². The highest BCUT2D eigenvalue weighted by Gasteiger charge is 2.17. The highest BCUT2D eigenvalue weighted by molar-refractivity contribution is 7.16. The van der Waals surface area contributed by atoms with Crippen molar-refractivity contribution in [3.8, 4) is 0 Å². The molecule has 0 N–H and O–H groups in total. The topological polar surface area (TPSA) is 87.2 Å². The molecular weight excluding hydrogens is 416 g/mol. The first-order valence-electron chi connectivity index (χ1n) is 9.85. The zero-order chi connectivity index (χ0) is 22.0. The van der Waals surface area contributed by atoms with Crippen molar-refractivity contribution in [3.63, 3.8) is 0 Å². The molecule has 0 unspecified atom stereocenters. The lowest BCUT2D eigenvalue weighted by atomic mass is 10.2. The molecule has 0 saturated carbocycles. The minimum absolute atomic E-state index is 0.308. The van der Waals surface area contributed by atoms with E-state index in [0.29, 0.717) is 47.2 Å². The number of hydrogen-bond acceptors (Lipinski definition) is 6. The maximum absolute atomic E-state index is 13.1. The number of carbonyl (C=O) groups is 2. The summed E-state index contributed by atoms with van der Waals surface area (Å²) >= 11 is 1.34. The molecule has 4 rings (SSSR count). The minimum atomic E-state index is -0.378. The zero-order valence-electron chi connectivity index (χ0n) is 17.5. The summed E-state index contributed by atoms with van der Waals surface area (Å²) in [7, 11) is 1.62. The summed E-state index contributed by atoms with van der Waals surface area (Å²) in [5.41, 5.74) is 3.08. The first-order valence-corrected chi connectivity index (χ1v) is 10.7. The smallest absolute Gasteiger partial charge is 0.338 e. The number of pyridine rings is 1. The van der Waals surface area contributed by atoms with E-state index in [-0.39, 0.29) is 11.9 Å². The Morgan fingerprint density at radius 3 is 2.84 bits per heavy atom. The summed E-state index contributed by atoms with van der Waals surface area (Å²) in [5.74, 6) is -0.753. The van der Waals surface area contributed by atoms with E-state index >= 15 is 0 Å². The van der Waals surface area contributed by atoms with Crippen molar-refractivity contribution in [1.82, 2.24) is 14.0 Å². The number of ether oxygens (including phenoxy) is 2. The summed E-state index contributed by atoms with van der Waals surface area (Å²) in [6.07, 6.45) is 1.80. The van der Waals surface area contributed by atoms with Gasteiger partial charge in [-0.15, -0.1) is 0 Å². The van der Waals surface area contributed by atoms with Crippen LogP contribution in [0.1, 0.15) is 33.5 Å². The molecule has 0 aliphatic heterocycles. The van der Waals surface area contributed by atoms with Gasteiger partial charge in [-0.05, 0) is 44.2 Å². The van der Waals surface area contributed by atoms with E-state index < -0.39 is 0 Å². The van der Waals surface area contributed by atoms with Crippen LogP contribution >= 0.6 is 11.3 Å². The molecule has 160 valence electrons. The number of fused-ring (bicyclic) bond motifs is 2. The van der Waals surface area contributed by atoms with Crippen LogP contribution in [0.25, 0.3) is 15.9 Å². The third-order valence-corrected chi connectivity index (χ3v) is 5.86. The average Bonchev–Trinajstić information content (AvgIpc) is 3.27. The summed E-state index contributed by atoms with van der Waals surface area (Å²) in [5, 5.41) is 0. The molecule has 9 heteroatoms. The molecule has 8 nitrogen and oxygen atoms in total. The number of aryl methyl sites for hydroxylation is 1. The van der Waals surface area contributed by atoms with Gasteiger partial charge >= 0.3 is 5.97 Å². The summed E-state index contributed by atoms with van der Waals surface area (Å²) < 4.78 is 14.8. The number of rotatable bonds is 6. The van der Waals surface area contributed by atoms with Crippen molar-refractivity contribution in [2.24, 2.45) is 4.99 Å². The Morgan fingerprint density at radius 2 is 2.06 bits per heavy atom. The van der Waals surface area contributed by atoms with E-state index in [2.05, 4.69) is 9.98 Å². The number of imidazole rings is 1. The van der Waals surface area contributed by atoms with Crippen LogP contribution < -0.4 is 4.80 Å². The fourth-order valence-corrected chi connectivity index (χ4v) is 4.50. The molecule has 1 amide bonds. The number of amides is 1. The highest BCUT2D eigenvalue weighted by Crippen LogP contribution is 2.20. The predicted octanol–water partition coefficient (Wildman–Crippen LogP) is 3.22. The number of hydrogen-bond donors (Lipinski definition) is 0. The minimum Gasteiger partial charge on any atom is -0.462 e. The largest absolute Gasteiger partial charge is 0.462 e. The maximum atomic E-state index is 13.1. The lowest BCUT2D eigenvalue weighted by Gasteiger charge is -2.05. The first-order chi connectivity index (χ1) is 15.0. The Balaban J connectivity index is 1.84. The Bertz CT molecular complexity index is 1350. The van der Waals surface area contributed by atoms with Gasteiger partial charge in [0.15, 0.2) is 4.80 Å². The zero-order valence-corrected chi connectivity index (χ0v) is 18.3. The number of carbonyl (C=O) groups excluding carboxylic acids is 2. The van der Waals surface area contributed by atoms with Crippen molar-refractivity contribution in [3.05, 3.63) is 64.3 Å². The van der Waals surface area contributed by atoms with E-state index in [1.165, 1.54) is 11.3 Å². The molecule has 0 fully saturated rings. The van der Waals surface area contributed by atoms with E-state index in [4.69, 9.17) is 9.47 Å². The van der Waals surface area contributed by atoms with Crippen molar-refractivity contribution < 1.29 is 19.1 Å². The molecule has 0 bridgehead atoms. The number of nitrogens with zero attached hydrogens (tertiary/aromatic N) is 4. The van der Waals surface area contributed by atoms with Crippen molar-refractivity contribution >= 4 is 39.1 Å². The highest BCUT2D eigenvalue weighted by atomic mass is 32.1. The number of methoxy groups -OCH3 is 1. The maximum Gasteiger partial charge on any atom is 0.338 e. The Morgan fingerprint density at radius 1 is 1.23 bits per heavy atom. The summed E-state index contributed by atoms with van der Waals surface area (Å²) in [6, 6.07) is 10.9. The Kier molecular flexibility index (Phi) is 5.97. The van der Waals surface area contributed by atoms with Gasteiger partial charge in [0.05, 0.1) is 34.7 Å². The van der Waals surface area contributed by atoms with Crippen molar-refractivity contribution in [2.45, 2.75) is 20.4 Å². The Labute approximate surface area is 182 Å². The monoisotopic (exact) mass is 438 g/mol. The number of benzene rings is 1. The molecule has 31 heavy (non-hydrogen) atoms. The van der Waals surface area contributed by atoms with Crippen molar-refractivity contribution in [2.75, 3.05) is 20.3 Å². The molecule has 4 aromatic rings. The fraction of sp³-hybridized carbons (Fsp3) is 0.273. The second kappa shape index (κ2) is 8.83. The van der Waals surface area contributed by atoms with E-state index in [0.717, 1.165) is 10.2 Å². The van der Waals surface area contributed by atoms with Gasteiger partial charge in [0.2, 0.25) is 0 Å². The van der Waals surface area contributed by atoms with Gasteiger partial charge in [0, 0.05) is 19.9 Å². The molecule has 3 heterocycles.